The second-order valence-electron chi connectivity index (χ2n) is 7.85. The average Bonchev–Trinajstić information content (AvgIpc) is 2.64. The summed E-state index contributed by atoms with van der Waals surface area (Å²) in [6.45, 7) is 5.55. The van der Waals surface area contributed by atoms with Crippen LogP contribution in [0, 0.1) is 0 Å². The van der Waals surface area contributed by atoms with E-state index in [0.29, 0.717) is 15.7 Å². The molecule has 0 saturated carbocycles. The molecule has 0 radical (unpaired) electrons. The molecular formula is C23H24INO3. The minimum absolute atomic E-state index is 0.0557. The predicted molar refractivity (Wildman–Crippen MR) is 119 cm³/mol. The third-order valence-corrected chi connectivity index (χ3v) is 5.54. The number of ketones is 1. The van der Waals surface area contributed by atoms with Crippen molar-refractivity contribution in [3.63, 3.8) is 0 Å². The summed E-state index contributed by atoms with van der Waals surface area (Å²) in [5, 5.41) is 0. The Bertz CT molecular complexity index is 885. The molecule has 0 spiro atoms. The molecule has 4 nitrogen and oxygen atoms in total. The molecule has 3 rings (SSSR count). The predicted octanol–water partition coefficient (Wildman–Crippen LogP) is 5.61. The van der Waals surface area contributed by atoms with Gasteiger partial charge in [0.1, 0.15) is 5.60 Å². The lowest BCUT2D eigenvalue weighted by molar-refractivity contribution is -0.116. The number of amides is 1. The number of nitrogens with zero attached hydrogens (tertiary/aromatic N) is 1. The number of rotatable bonds is 3. The molecule has 0 saturated heterocycles. The zero-order chi connectivity index (χ0) is 20.3. The van der Waals surface area contributed by atoms with Crippen LogP contribution < -0.4 is 0 Å². The smallest absolute Gasteiger partial charge is 0.415 e. The maximum atomic E-state index is 13.2. The summed E-state index contributed by atoms with van der Waals surface area (Å²) >= 11 is 2.06. The molecule has 1 atom stereocenters. The molecule has 1 amide bonds. The molecule has 2 aromatic carbocycles. The minimum atomic E-state index is -0.622. The molecule has 0 aromatic heterocycles. The highest BCUT2D eigenvalue weighted by atomic mass is 127. The third kappa shape index (κ3) is 4.82. The van der Waals surface area contributed by atoms with Crippen molar-refractivity contribution >= 4 is 40.2 Å². The van der Waals surface area contributed by atoms with Gasteiger partial charge in [0.2, 0.25) is 0 Å². The van der Waals surface area contributed by atoms with Crippen molar-refractivity contribution in [2.75, 3.05) is 0 Å². The second-order valence-corrected chi connectivity index (χ2v) is 8.93. The number of carbonyl (C=O) groups is 2. The van der Waals surface area contributed by atoms with Crippen LogP contribution in [0.15, 0.2) is 64.2 Å². The molecule has 0 aliphatic carbocycles. The SMILES string of the molecule is CC(C)(C)OC(=O)N1C(c2ccccc2)=C(I)C(=O)C[C@@H]1Cc1ccccc1. The van der Waals surface area contributed by atoms with E-state index in [1.54, 1.807) is 4.90 Å². The highest BCUT2D eigenvalue weighted by molar-refractivity contribution is 14.1. The molecule has 2 aromatic rings. The van der Waals surface area contributed by atoms with Crippen LogP contribution in [0.5, 0.6) is 0 Å². The number of halogens is 1. The summed E-state index contributed by atoms with van der Waals surface area (Å²) in [6, 6.07) is 19.2. The summed E-state index contributed by atoms with van der Waals surface area (Å²) in [5.74, 6) is 0.0557. The zero-order valence-electron chi connectivity index (χ0n) is 16.3. The van der Waals surface area contributed by atoms with Crippen LogP contribution in [0.3, 0.4) is 0 Å². The number of ether oxygens (including phenoxy) is 1. The molecule has 0 fully saturated rings. The van der Waals surface area contributed by atoms with Gasteiger partial charge in [-0.05, 0) is 60.9 Å². The molecule has 1 aliphatic heterocycles. The van der Waals surface area contributed by atoms with Gasteiger partial charge in [-0.15, -0.1) is 0 Å². The van der Waals surface area contributed by atoms with E-state index in [1.165, 1.54) is 0 Å². The summed E-state index contributed by atoms with van der Waals surface area (Å²) in [4.78, 5) is 27.7. The first-order valence-corrected chi connectivity index (χ1v) is 10.4. The van der Waals surface area contributed by atoms with E-state index in [1.807, 2.05) is 81.4 Å². The van der Waals surface area contributed by atoms with Gasteiger partial charge in [-0.3, -0.25) is 9.69 Å². The fraction of sp³-hybridized carbons (Fsp3) is 0.304. The maximum Gasteiger partial charge on any atom is 0.415 e. The monoisotopic (exact) mass is 489 g/mol. The molecule has 1 heterocycles. The lowest BCUT2D eigenvalue weighted by Crippen LogP contribution is -2.47. The molecule has 146 valence electrons. The Balaban J connectivity index is 2.06. The number of carbonyl (C=O) groups excluding carboxylic acids is 2. The van der Waals surface area contributed by atoms with Crippen molar-refractivity contribution in [3.05, 3.63) is 75.4 Å². The molecular weight excluding hydrogens is 465 g/mol. The van der Waals surface area contributed by atoms with Crippen LogP contribution in [0.1, 0.15) is 38.3 Å². The standard InChI is InChI=1S/C23H24INO3/c1-23(2,3)28-22(27)25-18(14-16-10-6-4-7-11-16)15-19(26)20(24)21(25)17-12-8-5-9-13-17/h4-13,18H,14-15H2,1-3H3/t18-/m0/s1. The first-order valence-electron chi connectivity index (χ1n) is 9.31. The molecule has 5 heteroatoms. The first kappa shape index (κ1) is 20.6. The van der Waals surface area contributed by atoms with Crippen molar-refractivity contribution in [1.29, 1.82) is 0 Å². The molecule has 1 aliphatic rings. The number of hydrogen-bond donors (Lipinski definition) is 0. The zero-order valence-corrected chi connectivity index (χ0v) is 18.5. The van der Waals surface area contributed by atoms with Crippen LogP contribution in [-0.2, 0) is 16.0 Å². The number of hydrogen-bond acceptors (Lipinski definition) is 3. The number of Topliss-reactive ketones (excluding diaryl/α,β-unsaturated/α-hetero) is 1. The highest BCUT2D eigenvalue weighted by Gasteiger charge is 2.39. The van der Waals surface area contributed by atoms with Gasteiger partial charge in [0.15, 0.2) is 5.78 Å². The van der Waals surface area contributed by atoms with Crippen molar-refractivity contribution in [3.8, 4) is 0 Å². The van der Waals surface area contributed by atoms with E-state index in [-0.39, 0.29) is 18.2 Å². The van der Waals surface area contributed by atoms with Crippen LogP contribution in [0.2, 0.25) is 0 Å². The summed E-state index contributed by atoms with van der Waals surface area (Å²) in [6.07, 6.45) is 0.448. The van der Waals surface area contributed by atoms with Crippen LogP contribution in [0.4, 0.5) is 4.79 Å². The number of allylic oxidation sites excluding steroid dienone is 1. The Hall–Kier alpha value is -2.15. The Labute approximate surface area is 179 Å². The van der Waals surface area contributed by atoms with E-state index in [4.69, 9.17) is 4.74 Å². The summed E-state index contributed by atoms with van der Waals surface area (Å²) in [7, 11) is 0. The maximum absolute atomic E-state index is 13.2. The first-order chi connectivity index (χ1) is 13.3. The Morgan fingerprint density at radius 1 is 1.07 bits per heavy atom. The van der Waals surface area contributed by atoms with Crippen molar-refractivity contribution in [2.24, 2.45) is 0 Å². The lowest BCUT2D eigenvalue weighted by atomic mass is 9.93. The normalized spacial score (nSPS) is 17.6. The highest BCUT2D eigenvalue weighted by Crippen LogP contribution is 2.37. The third-order valence-electron chi connectivity index (χ3n) is 4.43. The Morgan fingerprint density at radius 3 is 2.21 bits per heavy atom. The Kier molecular flexibility index (Phi) is 6.23. The van der Waals surface area contributed by atoms with Gasteiger partial charge < -0.3 is 4.74 Å². The van der Waals surface area contributed by atoms with Crippen molar-refractivity contribution < 1.29 is 14.3 Å². The topological polar surface area (TPSA) is 46.6 Å². The minimum Gasteiger partial charge on any atom is -0.443 e. The van der Waals surface area contributed by atoms with E-state index in [9.17, 15) is 9.59 Å². The summed E-state index contributed by atoms with van der Waals surface area (Å²) < 4.78 is 6.29. The van der Waals surface area contributed by atoms with Crippen molar-refractivity contribution in [2.45, 2.75) is 45.3 Å². The van der Waals surface area contributed by atoms with Gasteiger partial charge in [-0.1, -0.05) is 60.7 Å². The molecule has 0 unspecified atom stereocenters. The van der Waals surface area contributed by atoms with E-state index < -0.39 is 11.7 Å². The fourth-order valence-electron chi connectivity index (χ4n) is 3.28. The molecule has 0 N–H and O–H groups in total. The fourth-order valence-corrected chi connectivity index (χ4v) is 4.07. The Morgan fingerprint density at radius 2 is 1.64 bits per heavy atom. The van der Waals surface area contributed by atoms with Crippen LogP contribution in [0.25, 0.3) is 5.70 Å². The van der Waals surface area contributed by atoms with Gasteiger partial charge in [0.05, 0.1) is 15.3 Å². The van der Waals surface area contributed by atoms with E-state index in [0.717, 1.165) is 11.1 Å². The van der Waals surface area contributed by atoms with Crippen LogP contribution >= 0.6 is 22.6 Å². The van der Waals surface area contributed by atoms with Crippen molar-refractivity contribution in [1.82, 2.24) is 4.90 Å². The quantitative estimate of drug-likeness (QED) is 0.527. The van der Waals surface area contributed by atoms with Gasteiger partial charge in [0.25, 0.3) is 0 Å². The summed E-state index contributed by atoms with van der Waals surface area (Å²) in [5.41, 5.74) is 1.93. The van der Waals surface area contributed by atoms with Gasteiger partial charge >= 0.3 is 6.09 Å². The van der Waals surface area contributed by atoms with Crippen LogP contribution in [-0.4, -0.2) is 28.4 Å². The largest absolute Gasteiger partial charge is 0.443 e. The average molecular weight is 489 g/mol. The van der Waals surface area contributed by atoms with Gasteiger partial charge in [0, 0.05) is 6.42 Å². The lowest BCUT2D eigenvalue weighted by Gasteiger charge is -2.38. The molecule has 0 bridgehead atoms. The van der Waals surface area contributed by atoms with Gasteiger partial charge in [-0.2, -0.15) is 0 Å². The molecule has 28 heavy (non-hydrogen) atoms. The van der Waals surface area contributed by atoms with E-state index in [2.05, 4.69) is 22.6 Å². The second kappa shape index (κ2) is 8.47. The number of benzene rings is 2. The van der Waals surface area contributed by atoms with Gasteiger partial charge in [-0.25, -0.2) is 4.79 Å². The van der Waals surface area contributed by atoms with E-state index >= 15 is 0 Å².